The van der Waals surface area contributed by atoms with Crippen LogP contribution in [0, 0.1) is 5.41 Å². The SMILES string of the molecule is CC1(C)CC(=O)c2c(n(-c3ccc(C(N)=O)c(NC4CCC(O)CC4)c3)c3cccnc23)C1. The lowest BCUT2D eigenvalue weighted by molar-refractivity contribution is 0.0911. The number of amides is 1. The van der Waals surface area contributed by atoms with Crippen molar-refractivity contribution in [2.45, 2.75) is 64.5 Å². The molecule has 1 amide bonds. The maximum atomic E-state index is 13.1. The molecule has 172 valence electrons. The van der Waals surface area contributed by atoms with Gasteiger partial charge in [-0.15, -0.1) is 0 Å². The molecule has 4 N–H and O–H groups in total. The van der Waals surface area contributed by atoms with E-state index in [4.69, 9.17) is 5.73 Å². The van der Waals surface area contributed by atoms with Gasteiger partial charge in [-0.2, -0.15) is 0 Å². The number of aromatic nitrogens is 2. The van der Waals surface area contributed by atoms with Crippen molar-refractivity contribution in [3.8, 4) is 5.69 Å². The van der Waals surface area contributed by atoms with Crippen molar-refractivity contribution in [2.75, 3.05) is 5.32 Å². The largest absolute Gasteiger partial charge is 0.393 e. The fourth-order valence-corrected chi connectivity index (χ4v) is 5.40. The highest BCUT2D eigenvalue weighted by Gasteiger charge is 2.36. The van der Waals surface area contributed by atoms with Crippen molar-refractivity contribution in [3.63, 3.8) is 0 Å². The summed E-state index contributed by atoms with van der Waals surface area (Å²) in [6, 6.07) is 9.61. The quantitative estimate of drug-likeness (QED) is 0.561. The van der Waals surface area contributed by atoms with Crippen molar-refractivity contribution in [1.82, 2.24) is 9.55 Å². The van der Waals surface area contributed by atoms with E-state index in [0.717, 1.165) is 54.5 Å². The molecule has 0 radical (unpaired) electrons. The lowest BCUT2D eigenvalue weighted by atomic mass is 9.76. The van der Waals surface area contributed by atoms with Crippen LogP contribution in [0.15, 0.2) is 36.5 Å². The number of hydrogen-bond donors (Lipinski definition) is 3. The maximum Gasteiger partial charge on any atom is 0.250 e. The number of carbonyl (C=O) groups excluding carboxylic acids is 2. The number of fused-ring (bicyclic) bond motifs is 3. The second-order valence-electron chi connectivity index (χ2n) is 10.2. The molecule has 2 heterocycles. The number of aliphatic hydroxyl groups excluding tert-OH is 1. The smallest absolute Gasteiger partial charge is 0.250 e. The Hall–Kier alpha value is -3.19. The van der Waals surface area contributed by atoms with E-state index < -0.39 is 5.91 Å². The highest BCUT2D eigenvalue weighted by molar-refractivity contribution is 6.09. The zero-order valence-electron chi connectivity index (χ0n) is 19.1. The summed E-state index contributed by atoms with van der Waals surface area (Å²) in [5.74, 6) is -0.367. The van der Waals surface area contributed by atoms with Crippen LogP contribution in [-0.2, 0) is 6.42 Å². The van der Waals surface area contributed by atoms with Crippen molar-refractivity contribution in [1.29, 1.82) is 0 Å². The van der Waals surface area contributed by atoms with E-state index in [9.17, 15) is 14.7 Å². The molecule has 3 aromatic rings. The number of ketones is 1. The molecule has 0 atom stereocenters. The first-order valence-corrected chi connectivity index (χ1v) is 11.6. The zero-order chi connectivity index (χ0) is 23.3. The van der Waals surface area contributed by atoms with E-state index in [1.54, 1.807) is 12.3 Å². The Morgan fingerprint density at radius 1 is 1.18 bits per heavy atom. The molecule has 5 rings (SSSR count). The molecule has 1 saturated carbocycles. The Bertz CT molecular complexity index is 1250. The second kappa shape index (κ2) is 7.99. The number of nitrogens with one attached hydrogen (secondary N) is 1. The third kappa shape index (κ3) is 3.91. The van der Waals surface area contributed by atoms with Crippen LogP contribution < -0.4 is 11.1 Å². The van der Waals surface area contributed by atoms with Gasteiger partial charge in [0.05, 0.1) is 28.3 Å². The van der Waals surface area contributed by atoms with Crippen molar-refractivity contribution >= 4 is 28.4 Å². The second-order valence-corrected chi connectivity index (χ2v) is 10.2. The first-order chi connectivity index (χ1) is 15.7. The molecule has 1 aromatic carbocycles. The highest BCUT2D eigenvalue weighted by Crippen LogP contribution is 2.41. The topological polar surface area (TPSA) is 110 Å². The molecule has 2 aromatic heterocycles. The number of Topliss-reactive ketones (excluding diaryl/α,β-unsaturated/α-hetero) is 1. The molecule has 33 heavy (non-hydrogen) atoms. The Kier molecular flexibility index (Phi) is 5.24. The summed E-state index contributed by atoms with van der Waals surface area (Å²) in [6.45, 7) is 4.23. The number of hydrogen-bond acceptors (Lipinski definition) is 5. The van der Waals surface area contributed by atoms with Crippen LogP contribution >= 0.6 is 0 Å². The van der Waals surface area contributed by atoms with Crippen LogP contribution in [0.4, 0.5) is 5.69 Å². The van der Waals surface area contributed by atoms with Gasteiger partial charge in [-0.05, 0) is 67.9 Å². The predicted octanol–water partition coefficient (Wildman–Crippen LogP) is 3.99. The molecule has 1 fully saturated rings. The summed E-state index contributed by atoms with van der Waals surface area (Å²) in [6.07, 6.45) is 5.86. The summed E-state index contributed by atoms with van der Waals surface area (Å²) in [7, 11) is 0. The normalized spacial score (nSPS) is 22.2. The minimum atomic E-state index is -0.489. The Morgan fingerprint density at radius 3 is 2.67 bits per heavy atom. The average Bonchev–Trinajstić information content (AvgIpc) is 3.08. The van der Waals surface area contributed by atoms with Gasteiger partial charge < -0.3 is 20.7 Å². The summed E-state index contributed by atoms with van der Waals surface area (Å²) in [4.78, 5) is 29.8. The third-order valence-electron chi connectivity index (χ3n) is 6.97. The number of primary amides is 1. The summed E-state index contributed by atoms with van der Waals surface area (Å²) in [5, 5.41) is 13.3. The number of pyridine rings is 1. The molecule has 0 saturated heterocycles. The van der Waals surface area contributed by atoms with Crippen molar-refractivity contribution in [3.05, 3.63) is 53.3 Å². The van der Waals surface area contributed by atoms with E-state index >= 15 is 0 Å². The van der Waals surface area contributed by atoms with Gasteiger partial charge in [0.1, 0.15) is 0 Å². The molecule has 0 unspecified atom stereocenters. The van der Waals surface area contributed by atoms with E-state index in [2.05, 4.69) is 28.7 Å². The van der Waals surface area contributed by atoms with Gasteiger partial charge >= 0.3 is 0 Å². The number of carbonyl (C=O) groups is 2. The lowest BCUT2D eigenvalue weighted by Gasteiger charge is -2.30. The van der Waals surface area contributed by atoms with Gasteiger partial charge in [0.2, 0.25) is 0 Å². The number of rotatable bonds is 4. The van der Waals surface area contributed by atoms with E-state index in [1.807, 2.05) is 24.3 Å². The van der Waals surface area contributed by atoms with Crippen LogP contribution in [0.5, 0.6) is 0 Å². The minimum absolute atomic E-state index is 0.122. The van der Waals surface area contributed by atoms with E-state index in [-0.39, 0.29) is 23.3 Å². The maximum absolute atomic E-state index is 13.1. The van der Waals surface area contributed by atoms with Crippen LogP contribution in [0.2, 0.25) is 0 Å². The highest BCUT2D eigenvalue weighted by atomic mass is 16.3. The monoisotopic (exact) mass is 446 g/mol. The molecule has 0 aliphatic heterocycles. The number of benzene rings is 1. The van der Waals surface area contributed by atoms with E-state index in [1.165, 1.54) is 0 Å². The molecular formula is C26H30N4O3. The van der Waals surface area contributed by atoms with Gasteiger partial charge in [-0.25, -0.2) is 0 Å². The fraction of sp³-hybridized carbons (Fsp3) is 0.423. The van der Waals surface area contributed by atoms with Gasteiger partial charge in [0.25, 0.3) is 5.91 Å². The van der Waals surface area contributed by atoms with Crippen LogP contribution in [0.25, 0.3) is 16.7 Å². The fourth-order valence-electron chi connectivity index (χ4n) is 5.40. The van der Waals surface area contributed by atoms with Gasteiger partial charge in [-0.3, -0.25) is 14.6 Å². The molecule has 0 bridgehead atoms. The first kappa shape index (κ1) is 21.6. The molecule has 2 aliphatic carbocycles. The molecule has 2 aliphatic rings. The molecular weight excluding hydrogens is 416 g/mol. The molecule has 0 spiro atoms. The van der Waals surface area contributed by atoms with E-state index in [0.29, 0.717) is 23.2 Å². The number of aliphatic hydroxyl groups is 1. The summed E-state index contributed by atoms with van der Waals surface area (Å²) < 4.78 is 2.11. The first-order valence-electron chi connectivity index (χ1n) is 11.6. The number of nitrogens with two attached hydrogens (primary N) is 1. The summed E-state index contributed by atoms with van der Waals surface area (Å²) >= 11 is 0. The third-order valence-corrected chi connectivity index (χ3v) is 6.97. The Morgan fingerprint density at radius 2 is 1.94 bits per heavy atom. The van der Waals surface area contributed by atoms with Gasteiger partial charge in [-0.1, -0.05) is 13.8 Å². The van der Waals surface area contributed by atoms with Crippen molar-refractivity contribution in [2.24, 2.45) is 11.1 Å². The number of anilines is 1. The van der Waals surface area contributed by atoms with Crippen LogP contribution in [0.3, 0.4) is 0 Å². The summed E-state index contributed by atoms with van der Waals surface area (Å²) in [5.41, 5.74) is 10.8. The average molecular weight is 447 g/mol. The van der Waals surface area contributed by atoms with Crippen LogP contribution in [0.1, 0.15) is 72.4 Å². The Balaban J connectivity index is 1.65. The molecule has 7 nitrogen and oxygen atoms in total. The predicted molar refractivity (Wildman–Crippen MR) is 128 cm³/mol. The number of nitrogens with zero attached hydrogens (tertiary/aromatic N) is 2. The van der Waals surface area contributed by atoms with Crippen molar-refractivity contribution < 1.29 is 14.7 Å². The minimum Gasteiger partial charge on any atom is -0.393 e. The lowest BCUT2D eigenvalue weighted by Crippen LogP contribution is -2.29. The zero-order valence-corrected chi connectivity index (χ0v) is 19.1. The Labute approximate surface area is 193 Å². The van der Waals surface area contributed by atoms with Crippen LogP contribution in [-0.4, -0.2) is 38.5 Å². The van der Waals surface area contributed by atoms with Gasteiger partial charge in [0, 0.05) is 35.7 Å². The standard InChI is InChI=1S/C26H30N4O3/c1-26(2)13-21-23(22(32)14-26)24-20(4-3-11-28-24)30(21)16-7-10-18(25(27)33)19(12-16)29-15-5-8-17(31)9-6-15/h3-4,7,10-12,15,17,29,31H,5-6,8-9,13-14H2,1-2H3,(H2,27,33). The molecule has 7 heteroatoms. The van der Waals surface area contributed by atoms with Gasteiger partial charge in [0.15, 0.2) is 5.78 Å².